The number of nitrogens with zero attached hydrogens (tertiary/aromatic N) is 3. The van der Waals surface area contributed by atoms with Gasteiger partial charge in [0.05, 0.1) is 18.6 Å². The summed E-state index contributed by atoms with van der Waals surface area (Å²) in [6, 6.07) is 3.53. The van der Waals surface area contributed by atoms with E-state index in [4.69, 9.17) is 9.47 Å². The van der Waals surface area contributed by atoms with Gasteiger partial charge in [0.2, 0.25) is 15.9 Å². The number of sulfonamides is 1. The molecule has 0 radical (unpaired) electrons. The molecule has 1 aromatic rings. The number of benzene rings is 1. The number of aryl methyl sites for hydroxylation is 2. The molecule has 4 rings (SSSR count). The molecule has 3 fully saturated rings. The number of hydrogen-bond acceptors (Lipinski definition) is 6. The van der Waals surface area contributed by atoms with Crippen LogP contribution in [-0.2, 0) is 19.6 Å². The lowest BCUT2D eigenvalue weighted by Gasteiger charge is -2.32. The lowest BCUT2D eigenvalue weighted by atomic mass is 9.93. The van der Waals surface area contributed by atoms with Crippen LogP contribution in [0, 0.1) is 19.8 Å². The van der Waals surface area contributed by atoms with Crippen LogP contribution in [0.5, 0.6) is 5.75 Å². The van der Waals surface area contributed by atoms with E-state index in [1.807, 2.05) is 4.90 Å². The number of carbonyl (C=O) groups excluding carboxylic acids is 1. The lowest BCUT2D eigenvalue weighted by Crippen LogP contribution is -2.41. The normalized spacial score (nSPS) is 19.8. The Bertz CT molecular complexity index is 974. The Labute approximate surface area is 217 Å². The third-order valence-electron chi connectivity index (χ3n) is 7.89. The van der Waals surface area contributed by atoms with Gasteiger partial charge in [0.1, 0.15) is 12.4 Å². The number of carbonyl (C=O) groups is 1. The monoisotopic (exact) mass is 521 g/mol. The van der Waals surface area contributed by atoms with Crippen molar-refractivity contribution in [3.8, 4) is 5.75 Å². The predicted molar refractivity (Wildman–Crippen MR) is 140 cm³/mol. The van der Waals surface area contributed by atoms with Gasteiger partial charge in [-0.2, -0.15) is 4.31 Å². The summed E-state index contributed by atoms with van der Waals surface area (Å²) >= 11 is 0. The van der Waals surface area contributed by atoms with E-state index in [0.717, 1.165) is 38.8 Å². The standard InChI is InChI=1S/C27H43N3O5S/c1-21-18-25(34-3)19-22(2)27(21)36(32,33)30(24-6-7-24)16-17-35-20-26(31)29-14-9-23(10-15-29)8-13-28-11-4-5-12-28/h18-19,23-24H,4-17,20H2,1-3H3. The van der Waals surface area contributed by atoms with E-state index in [-0.39, 0.29) is 31.7 Å². The minimum Gasteiger partial charge on any atom is -0.497 e. The third-order valence-corrected chi connectivity index (χ3v) is 10.1. The van der Waals surface area contributed by atoms with Crippen molar-refractivity contribution in [3.63, 3.8) is 0 Å². The van der Waals surface area contributed by atoms with Crippen molar-refractivity contribution >= 4 is 15.9 Å². The van der Waals surface area contributed by atoms with E-state index in [0.29, 0.717) is 27.7 Å². The zero-order valence-electron chi connectivity index (χ0n) is 22.2. The summed E-state index contributed by atoms with van der Waals surface area (Å²) in [4.78, 5) is 17.5. The van der Waals surface area contributed by atoms with Gasteiger partial charge in [-0.1, -0.05) is 0 Å². The number of ether oxygens (including phenoxy) is 2. The molecule has 1 saturated carbocycles. The molecule has 0 atom stereocenters. The molecule has 8 nitrogen and oxygen atoms in total. The van der Waals surface area contributed by atoms with Gasteiger partial charge < -0.3 is 19.3 Å². The Kier molecular flexibility index (Phi) is 9.30. The van der Waals surface area contributed by atoms with Gasteiger partial charge in [-0.3, -0.25) is 4.79 Å². The Morgan fingerprint density at radius 2 is 1.67 bits per heavy atom. The maximum Gasteiger partial charge on any atom is 0.248 e. The molecule has 2 aliphatic heterocycles. The fourth-order valence-electron chi connectivity index (χ4n) is 5.66. The molecule has 1 aromatic carbocycles. The van der Waals surface area contributed by atoms with Gasteiger partial charge in [-0.15, -0.1) is 0 Å². The fraction of sp³-hybridized carbons (Fsp3) is 0.741. The summed E-state index contributed by atoms with van der Waals surface area (Å²) in [5, 5.41) is 0. The van der Waals surface area contributed by atoms with Crippen molar-refractivity contribution in [2.45, 2.75) is 69.7 Å². The van der Waals surface area contributed by atoms with Gasteiger partial charge in [0, 0.05) is 25.7 Å². The van der Waals surface area contributed by atoms with E-state index in [1.54, 1.807) is 37.4 Å². The first kappa shape index (κ1) is 27.4. The van der Waals surface area contributed by atoms with E-state index in [2.05, 4.69) is 4.90 Å². The van der Waals surface area contributed by atoms with Crippen molar-refractivity contribution in [3.05, 3.63) is 23.3 Å². The molecule has 0 aromatic heterocycles. The summed E-state index contributed by atoms with van der Waals surface area (Å²) in [5.74, 6) is 1.37. The first-order valence-corrected chi connectivity index (χ1v) is 15.0. The van der Waals surface area contributed by atoms with Crippen LogP contribution in [0.1, 0.15) is 56.1 Å². The second-order valence-corrected chi connectivity index (χ2v) is 12.5. The topological polar surface area (TPSA) is 79.4 Å². The zero-order valence-corrected chi connectivity index (χ0v) is 23.0. The molecule has 0 bridgehead atoms. The summed E-state index contributed by atoms with van der Waals surface area (Å²) in [7, 11) is -2.09. The summed E-state index contributed by atoms with van der Waals surface area (Å²) in [5.41, 5.74) is 1.36. The van der Waals surface area contributed by atoms with Gasteiger partial charge in [-0.25, -0.2) is 8.42 Å². The van der Waals surface area contributed by atoms with Crippen LogP contribution in [0.4, 0.5) is 0 Å². The minimum atomic E-state index is -3.66. The third kappa shape index (κ3) is 6.79. The zero-order chi connectivity index (χ0) is 25.7. The number of likely N-dealkylation sites (tertiary alicyclic amines) is 2. The van der Waals surface area contributed by atoms with Crippen LogP contribution in [0.3, 0.4) is 0 Å². The highest BCUT2D eigenvalue weighted by Crippen LogP contribution is 2.35. The van der Waals surface area contributed by atoms with E-state index in [1.165, 1.54) is 38.9 Å². The first-order chi connectivity index (χ1) is 17.3. The molecule has 36 heavy (non-hydrogen) atoms. The molecule has 2 heterocycles. The Morgan fingerprint density at radius 3 is 2.25 bits per heavy atom. The second kappa shape index (κ2) is 12.2. The second-order valence-electron chi connectivity index (χ2n) is 10.7. The highest BCUT2D eigenvalue weighted by molar-refractivity contribution is 7.89. The van der Waals surface area contributed by atoms with Gasteiger partial charge in [0.25, 0.3) is 0 Å². The van der Waals surface area contributed by atoms with E-state index < -0.39 is 10.0 Å². The summed E-state index contributed by atoms with van der Waals surface area (Å²) < 4.78 is 39.7. The van der Waals surface area contributed by atoms with Crippen molar-refractivity contribution in [1.29, 1.82) is 0 Å². The van der Waals surface area contributed by atoms with Crippen molar-refractivity contribution in [2.75, 3.05) is 59.6 Å². The molecule has 0 unspecified atom stereocenters. The molecule has 1 amide bonds. The first-order valence-electron chi connectivity index (χ1n) is 13.5. The molecule has 9 heteroatoms. The van der Waals surface area contributed by atoms with Crippen molar-refractivity contribution in [2.24, 2.45) is 5.92 Å². The highest BCUT2D eigenvalue weighted by Gasteiger charge is 2.39. The Hall–Kier alpha value is -1.68. The van der Waals surface area contributed by atoms with Crippen LogP contribution in [0.25, 0.3) is 0 Å². The lowest BCUT2D eigenvalue weighted by molar-refractivity contribution is -0.137. The average molecular weight is 522 g/mol. The maximum absolute atomic E-state index is 13.5. The Balaban J connectivity index is 1.22. The van der Waals surface area contributed by atoms with Gasteiger partial charge in [-0.05, 0) is 108 Å². The highest BCUT2D eigenvalue weighted by atomic mass is 32.2. The molecular formula is C27H43N3O5S. The molecular weight excluding hydrogens is 478 g/mol. The van der Waals surface area contributed by atoms with Crippen LogP contribution in [0.2, 0.25) is 0 Å². The van der Waals surface area contributed by atoms with Crippen LogP contribution < -0.4 is 4.74 Å². The van der Waals surface area contributed by atoms with Crippen LogP contribution >= 0.6 is 0 Å². The van der Waals surface area contributed by atoms with E-state index in [9.17, 15) is 13.2 Å². The Morgan fingerprint density at radius 1 is 1.03 bits per heavy atom. The fourth-order valence-corrected chi connectivity index (χ4v) is 7.75. The maximum atomic E-state index is 13.5. The number of amides is 1. The van der Waals surface area contributed by atoms with Crippen LogP contribution in [-0.4, -0.2) is 94.1 Å². The van der Waals surface area contributed by atoms with Crippen molar-refractivity contribution < 1.29 is 22.7 Å². The quantitative estimate of drug-likeness (QED) is 0.393. The number of rotatable bonds is 12. The molecule has 3 aliphatic rings. The molecule has 1 aliphatic carbocycles. The van der Waals surface area contributed by atoms with Gasteiger partial charge in [0.15, 0.2) is 0 Å². The number of piperidine rings is 1. The minimum absolute atomic E-state index is 0.00907. The largest absolute Gasteiger partial charge is 0.497 e. The SMILES string of the molecule is COc1cc(C)c(S(=O)(=O)N(CCOCC(=O)N2CCC(CCN3CCCC3)CC2)C2CC2)c(C)c1. The average Bonchev–Trinajstić information content (AvgIpc) is 3.55. The molecule has 202 valence electrons. The predicted octanol–water partition coefficient (Wildman–Crippen LogP) is 3.21. The molecule has 0 N–H and O–H groups in total. The number of hydrogen-bond donors (Lipinski definition) is 0. The van der Waals surface area contributed by atoms with E-state index >= 15 is 0 Å². The molecule has 2 saturated heterocycles. The summed E-state index contributed by atoms with van der Waals surface area (Å²) in [6.07, 6.45) is 7.74. The number of methoxy groups -OCH3 is 1. The summed E-state index contributed by atoms with van der Waals surface area (Å²) in [6.45, 7) is 9.36. The smallest absolute Gasteiger partial charge is 0.248 e. The van der Waals surface area contributed by atoms with Gasteiger partial charge >= 0.3 is 0 Å². The van der Waals surface area contributed by atoms with Crippen LogP contribution in [0.15, 0.2) is 17.0 Å². The van der Waals surface area contributed by atoms with Crippen molar-refractivity contribution in [1.82, 2.24) is 14.1 Å². The molecule has 0 spiro atoms.